The number of amides is 1. The van der Waals surface area contributed by atoms with E-state index in [4.69, 9.17) is 0 Å². The Bertz CT molecular complexity index is 977. The molecule has 0 atom stereocenters. The van der Waals surface area contributed by atoms with E-state index in [0.717, 1.165) is 5.39 Å². The third-order valence-electron chi connectivity index (χ3n) is 3.75. The summed E-state index contributed by atoms with van der Waals surface area (Å²) in [5, 5.41) is 23.5. The highest BCUT2D eigenvalue weighted by Crippen LogP contribution is 2.29. The van der Waals surface area contributed by atoms with E-state index in [1.165, 1.54) is 12.1 Å². The van der Waals surface area contributed by atoms with Crippen LogP contribution in [0.5, 0.6) is 5.75 Å². The number of hydrogen-bond acceptors (Lipinski definition) is 3. The first kappa shape index (κ1) is 16.3. The molecule has 0 unspecified atom stereocenters. The quantitative estimate of drug-likeness (QED) is 0.639. The molecule has 0 bridgehead atoms. The second kappa shape index (κ2) is 6.88. The number of nitrogens with one attached hydrogen (secondary N) is 1. The highest BCUT2D eigenvalue weighted by molar-refractivity contribution is 6.04. The number of hydrogen-bond donors (Lipinski definition) is 3. The molecule has 25 heavy (non-hydrogen) atoms. The molecule has 3 aromatic rings. The van der Waals surface area contributed by atoms with Crippen LogP contribution in [0, 0.1) is 0 Å². The van der Waals surface area contributed by atoms with Gasteiger partial charge in [-0.1, -0.05) is 48.5 Å². The summed E-state index contributed by atoms with van der Waals surface area (Å²) < 4.78 is 0. The highest BCUT2D eigenvalue weighted by Gasteiger charge is 2.15. The fourth-order valence-electron chi connectivity index (χ4n) is 2.52. The minimum absolute atomic E-state index is 0.0635. The van der Waals surface area contributed by atoms with Crippen molar-refractivity contribution < 1.29 is 19.8 Å². The summed E-state index contributed by atoms with van der Waals surface area (Å²) in [6.45, 7) is 0. The first-order valence-electron chi connectivity index (χ1n) is 7.58. The number of carbonyl (C=O) groups excluding carboxylic acids is 1. The van der Waals surface area contributed by atoms with Crippen LogP contribution in [-0.4, -0.2) is 22.1 Å². The molecule has 124 valence electrons. The maximum Gasteiger partial charge on any atom is 0.352 e. The highest BCUT2D eigenvalue weighted by atomic mass is 16.4. The minimum atomic E-state index is -1.29. The Morgan fingerprint density at radius 1 is 0.880 bits per heavy atom. The first-order chi connectivity index (χ1) is 12.1. The number of phenols is 1. The number of aromatic hydroxyl groups is 1. The van der Waals surface area contributed by atoms with E-state index in [-0.39, 0.29) is 11.4 Å². The SMILES string of the molecule is O=C(O)/C(=C/c1c(O)ccc2ccccc12)NC(=O)c1ccccc1. The Balaban J connectivity index is 2.03. The second-order valence-corrected chi connectivity index (χ2v) is 5.40. The van der Waals surface area contributed by atoms with Gasteiger partial charge >= 0.3 is 5.97 Å². The zero-order chi connectivity index (χ0) is 17.8. The summed E-state index contributed by atoms with van der Waals surface area (Å²) in [4.78, 5) is 23.8. The van der Waals surface area contributed by atoms with Gasteiger partial charge in [0.15, 0.2) is 0 Å². The fraction of sp³-hybridized carbons (Fsp3) is 0. The van der Waals surface area contributed by atoms with Crippen LogP contribution < -0.4 is 5.32 Å². The first-order valence-corrected chi connectivity index (χ1v) is 7.58. The van der Waals surface area contributed by atoms with Crippen LogP contribution in [-0.2, 0) is 4.79 Å². The molecule has 0 radical (unpaired) electrons. The van der Waals surface area contributed by atoms with Gasteiger partial charge in [-0.3, -0.25) is 4.79 Å². The van der Waals surface area contributed by atoms with Crippen molar-refractivity contribution in [3.8, 4) is 5.75 Å². The fourth-order valence-corrected chi connectivity index (χ4v) is 2.52. The second-order valence-electron chi connectivity index (χ2n) is 5.40. The van der Waals surface area contributed by atoms with Crippen LogP contribution in [0.15, 0.2) is 72.4 Å². The van der Waals surface area contributed by atoms with Gasteiger partial charge in [0, 0.05) is 11.1 Å². The summed E-state index contributed by atoms with van der Waals surface area (Å²) in [6, 6.07) is 18.8. The molecule has 0 fully saturated rings. The van der Waals surface area contributed by atoms with Crippen molar-refractivity contribution >= 4 is 28.7 Å². The third kappa shape index (κ3) is 3.50. The maximum atomic E-state index is 12.2. The molecule has 3 aromatic carbocycles. The van der Waals surface area contributed by atoms with Gasteiger partial charge in [0.25, 0.3) is 5.91 Å². The molecule has 1 amide bonds. The molecular formula is C20H15NO4. The zero-order valence-corrected chi connectivity index (χ0v) is 13.1. The van der Waals surface area contributed by atoms with Crippen LogP contribution in [0.25, 0.3) is 16.8 Å². The summed E-state index contributed by atoms with van der Waals surface area (Å²) >= 11 is 0. The van der Waals surface area contributed by atoms with Crippen LogP contribution in [0.3, 0.4) is 0 Å². The number of carbonyl (C=O) groups is 2. The van der Waals surface area contributed by atoms with Crippen molar-refractivity contribution in [3.63, 3.8) is 0 Å². The van der Waals surface area contributed by atoms with E-state index in [2.05, 4.69) is 5.32 Å². The molecular weight excluding hydrogens is 318 g/mol. The zero-order valence-electron chi connectivity index (χ0n) is 13.1. The summed E-state index contributed by atoms with van der Waals surface area (Å²) in [7, 11) is 0. The number of phenolic OH excluding ortho intramolecular Hbond substituents is 1. The lowest BCUT2D eigenvalue weighted by Gasteiger charge is -2.09. The summed E-state index contributed by atoms with van der Waals surface area (Å²) in [5.74, 6) is -1.89. The van der Waals surface area contributed by atoms with Gasteiger partial charge in [0.05, 0.1) is 0 Å². The molecule has 0 aliphatic rings. The molecule has 0 heterocycles. The normalized spacial score (nSPS) is 11.3. The molecule has 0 aliphatic heterocycles. The molecule has 5 heteroatoms. The predicted molar refractivity (Wildman–Crippen MR) is 95.1 cm³/mol. The summed E-state index contributed by atoms with van der Waals surface area (Å²) in [5.41, 5.74) is 0.362. The Labute approximate surface area is 143 Å². The number of rotatable bonds is 4. The number of benzene rings is 3. The van der Waals surface area contributed by atoms with Gasteiger partial charge in [-0.05, 0) is 35.0 Å². The molecule has 0 aromatic heterocycles. The van der Waals surface area contributed by atoms with Gasteiger partial charge in [0.2, 0.25) is 0 Å². The van der Waals surface area contributed by atoms with E-state index < -0.39 is 11.9 Å². The van der Waals surface area contributed by atoms with Gasteiger partial charge in [-0.15, -0.1) is 0 Å². The lowest BCUT2D eigenvalue weighted by molar-refractivity contribution is -0.132. The molecule has 0 saturated heterocycles. The van der Waals surface area contributed by atoms with Gasteiger partial charge in [-0.25, -0.2) is 4.79 Å². The van der Waals surface area contributed by atoms with E-state index in [9.17, 15) is 19.8 Å². The Morgan fingerprint density at radius 3 is 2.28 bits per heavy atom. The molecule has 3 N–H and O–H groups in total. The average molecular weight is 333 g/mol. The van der Waals surface area contributed by atoms with Crippen molar-refractivity contribution in [2.75, 3.05) is 0 Å². The van der Waals surface area contributed by atoms with Crippen molar-refractivity contribution in [3.05, 3.63) is 83.6 Å². The average Bonchev–Trinajstić information content (AvgIpc) is 2.63. The summed E-state index contributed by atoms with van der Waals surface area (Å²) in [6.07, 6.45) is 1.26. The lowest BCUT2D eigenvalue weighted by atomic mass is 10.0. The van der Waals surface area contributed by atoms with Crippen LogP contribution in [0.1, 0.15) is 15.9 Å². The number of carboxylic acids is 1. The van der Waals surface area contributed by atoms with Crippen LogP contribution in [0.2, 0.25) is 0 Å². The largest absolute Gasteiger partial charge is 0.507 e. The van der Waals surface area contributed by atoms with Crippen molar-refractivity contribution in [2.45, 2.75) is 0 Å². The Hall–Kier alpha value is -3.60. The molecule has 0 spiro atoms. The monoisotopic (exact) mass is 333 g/mol. The number of aliphatic carboxylic acids is 1. The minimum Gasteiger partial charge on any atom is -0.507 e. The topological polar surface area (TPSA) is 86.6 Å². The van der Waals surface area contributed by atoms with Gasteiger partial charge < -0.3 is 15.5 Å². The smallest absolute Gasteiger partial charge is 0.352 e. The Kier molecular flexibility index (Phi) is 4.48. The van der Waals surface area contributed by atoms with Crippen molar-refractivity contribution in [2.24, 2.45) is 0 Å². The number of fused-ring (bicyclic) bond motifs is 1. The van der Waals surface area contributed by atoms with Crippen molar-refractivity contribution in [1.29, 1.82) is 0 Å². The van der Waals surface area contributed by atoms with E-state index in [1.54, 1.807) is 48.5 Å². The van der Waals surface area contributed by atoms with Gasteiger partial charge in [-0.2, -0.15) is 0 Å². The van der Waals surface area contributed by atoms with Gasteiger partial charge in [0.1, 0.15) is 11.4 Å². The Morgan fingerprint density at radius 2 is 1.56 bits per heavy atom. The molecule has 0 aliphatic carbocycles. The third-order valence-corrected chi connectivity index (χ3v) is 3.75. The van der Waals surface area contributed by atoms with Crippen LogP contribution in [0.4, 0.5) is 0 Å². The standard InChI is InChI=1S/C20H15NO4/c22-18-11-10-13-6-4-5-9-15(13)16(18)12-17(20(24)25)21-19(23)14-7-2-1-3-8-14/h1-12,22H,(H,21,23)(H,24,25)/b17-12-. The molecule has 5 nitrogen and oxygen atoms in total. The maximum absolute atomic E-state index is 12.2. The van der Waals surface area contributed by atoms with E-state index in [0.29, 0.717) is 16.5 Å². The van der Waals surface area contributed by atoms with E-state index in [1.807, 2.05) is 12.1 Å². The molecule has 3 rings (SSSR count). The molecule has 0 saturated carbocycles. The number of carboxylic acid groups (broad SMARTS) is 1. The van der Waals surface area contributed by atoms with Crippen LogP contribution >= 0.6 is 0 Å². The van der Waals surface area contributed by atoms with E-state index >= 15 is 0 Å². The lowest BCUT2D eigenvalue weighted by Crippen LogP contribution is -2.27. The predicted octanol–water partition coefficient (Wildman–Crippen LogP) is 3.40. The van der Waals surface area contributed by atoms with Crippen molar-refractivity contribution in [1.82, 2.24) is 5.32 Å².